The van der Waals surface area contributed by atoms with Crippen LogP contribution in [0.15, 0.2) is 41.0 Å². The van der Waals surface area contributed by atoms with Gasteiger partial charge in [-0.3, -0.25) is 0 Å². The van der Waals surface area contributed by atoms with Crippen LogP contribution in [0, 0.1) is 0 Å². The highest BCUT2D eigenvalue weighted by molar-refractivity contribution is 9.10. The molecule has 0 unspecified atom stereocenters. The normalized spacial score (nSPS) is 11.6. The summed E-state index contributed by atoms with van der Waals surface area (Å²) in [7, 11) is 0. The summed E-state index contributed by atoms with van der Waals surface area (Å²) in [6.07, 6.45) is 3.48. The molecular formula is C15H18BrN3. The minimum absolute atomic E-state index is 0.184. The van der Waals surface area contributed by atoms with Gasteiger partial charge in [0.15, 0.2) is 0 Å². The molecule has 0 spiro atoms. The molecule has 0 aliphatic rings. The Morgan fingerprint density at radius 3 is 2.47 bits per heavy atom. The number of aromatic nitrogens is 2. The van der Waals surface area contributed by atoms with E-state index < -0.39 is 0 Å². The average molecular weight is 320 g/mol. The lowest BCUT2D eigenvalue weighted by molar-refractivity contribution is 0.471. The molecule has 0 radical (unpaired) electrons. The molecule has 1 aromatic heterocycles. The predicted molar refractivity (Wildman–Crippen MR) is 81.8 cm³/mol. The summed E-state index contributed by atoms with van der Waals surface area (Å²) >= 11 is 3.43. The highest BCUT2D eigenvalue weighted by Gasteiger charge is 2.12. The molecule has 3 nitrogen and oxygen atoms in total. The number of hydrogen-bond donors (Lipinski definition) is 1. The summed E-state index contributed by atoms with van der Waals surface area (Å²) in [5, 5.41) is 0. The van der Waals surface area contributed by atoms with Crippen molar-refractivity contribution in [2.75, 3.05) is 0 Å². The molecule has 0 fully saturated rings. The fraction of sp³-hybridized carbons (Fsp3) is 0.333. The van der Waals surface area contributed by atoms with Crippen molar-refractivity contribution in [1.82, 2.24) is 9.97 Å². The Morgan fingerprint density at radius 1 is 1.16 bits per heavy atom. The summed E-state index contributed by atoms with van der Waals surface area (Å²) in [6, 6.07) is 10.0. The summed E-state index contributed by atoms with van der Waals surface area (Å²) in [5.41, 5.74) is 7.85. The predicted octanol–water partition coefficient (Wildman–Crippen LogP) is 3.58. The van der Waals surface area contributed by atoms with Crippen molar-refractivity contribution in [3.63, 3.8) is 0 Å². The third kappa shape index (κ3) is 4.40. The van der Waals surface area contributed by atoms with Gasteiger partial charge in [-0.1, -0.05) is 28.1 Å². The van der Waals surface area contributed by atoms with E-state index in [1.54, 1.807) is 0 Å². The first kappa shape index (κ1) is 14.2. The number of nitrogens with zero attached hydrogens (tertiary/aromatic N) is 2. The molecule has 19 heavy (non-hydrogen) atoms. The second kappa shape index (κ2) is 5.80. The molecule has 4 heteroatoms. The van der Waals surface area contributed by atoms with E-state index in [9.17, 15) is 0 Å². The molecule has 0 saturated heterocycles. The Bertz CT molecular complexity index is 544. The van der Waals surface area contributed by atoms with Crippen molar-refractivity contribution in [2.45, 2.75) is 32.2 Å². The van der Waals surface area contributed by atoms with Crippen molar-refractivity contribution in [3.05, 3.63) is 46.8 Å². The van der Waals surface area contributed by atoms with Gasteiger partial charge in [0.05, 0.1) is 5.69 Å². The second-order valence-electron chi connectivity index (χ2n) is 5.35. The quantitative estimate of drug-likeness (QED) is 0.937. The highest BCUT2D eigenvalue weighted by Crippen LogP contribution is 2.20. The topological polar surface area (TPSA) is 51.8 Å². The Balaban J connectivity index is 2.17. The molecule has 0 aliphatic carbocycles. The zero-order valence-electron chi connectivity index (χ0n) is 11.2. The summed E-state index contributed by atoms with van der Waals surface area (Å²) in [5.74, 6) is 0.846. The lowest BCUT2D eigenvalue weighted by Gasteiger charge is -2.17. The zero-order chi connectivity index (χ0) is 13.9. The van der Waals surface area contributed by atoms with E-state index in [-0.39, 0.29) is 5.54 Å². The standard InChI is InChI=1S/C15H18BrN3/c1-15(2,17)9-7-14-18-10-8-13(19-14)11-3-5-12(16)6-4-11/h3-6,8,10H,7,9,17H2,1-2H3. The van der Waals surface area contributed by atoms with Crippen LogP contribution in [0.3, 0.4) is 0 Å². The van der Waals surface area contributed by atoms with Crippen LogP contribution in [0.1, 0.15) is 26.1 Å². The van der Waals surface area contributed by atoms with Gasteiger partial charge < -0.3 is 5.73 Å². The van der Waals surface area contributed by atoms with Crippen molar-refractivity contribution >= 4 is 15.9 Å². The molecule has 1 aromatic carbocycles. The fourth-order valence-electron chi connectivity index (χ4n) is 1.73. The first-order chi connectivity index (χ1) is 8.94. The monoisotopic (exact) mass is 319 g/mol. The van der Waals surface area contributed by atoms with Crippen molar-refractivity contribution in [1.29, 1.82) is 0 Å². The molecule has 0 aliphatic heterocycles. The van der Waals surface area contributed by atoms with Crippen LogP contribution in [0.2, 0.25) is 0 Å². The number of benzene rings is 1. The van der Waals surface area contributed by atoms with E-state index in [4.69, 9.17) is 5.73 Å². The molecule has 100 valence electrons. The van der Waals surface area contributed by atoms with Gasteiger partial charge in [-0.05, 0) is 38.5 Å². The Hall–Kier alpha value is -1.26. The molecule has 2 aromatic rings. The van der Waals surface area contributed by atoms with Crippen LogP contribution >= 0.6 is 15.9 Å². The smallest absolute Gasteiger partial charge is 0.129 e. The molecule has 1 heterocycles. The van der Waals surface area contributed by atoms with Gasteiger partial charge in [0.25, 0.3) is 0 Å². The van der Waals surface area contributed by atoms with Crippen LogP contribution in [0.25, 0.3) is 11.3 Å². The van der Waals surface area contributed by atoms with Crippen LogP contribution < -0.4 is 5.73 Å². The average Bonchev–Trinajstić information content (AvgIpc) is 2.37. The third-order valence-corrected chi connectivity index (χ3v) is 3.37. The summed E-state index contributed by atoms with van der Waals surface area (Å²) in [4.78, 5) is 8.90. The molecule has 0 amide bonds. The fourth-order valence-corrected chi connectivity index (χ4v) is 2.00. The summed E-state index contributed by atoms with van der Waals surface area (Å²) < 4.78 is 1.07. The lowest BCUT2D eigenvalue weighted by Crippen LogP contribution is -2.32. The number of aryl methyl sites for hydroxylation is 1. The van der Waals surface area contributed by atoms with E-state index in [2.05, 4.69) is 25.9 Å². The summed E-state index contributed by atoms with van der Waals surface area (Å²) in [6.45, 7) is 4.04. The molecule has 2 N–H and O–H groups in total. The van der Waals surface area contributed by atoms with Gasteiger partial charge in [0.1, 0.15) is 5.82 Å². The molecule has 0 saturated carbocycles. The molecule has 0 atom stereocenters. The number of hydrogen-bond acceptors (Lipinski definition) is 3. The first-order valence-corrected chi connectivity index (χ1v) is 7.10. The minimum atomic E-state index is -0.184. The number of rotatable bonds is 4. The van der Waals surface area contributed by atoms with Crippen LogP contribution in [-0.2, 0) is 6.42 Å². The third-order valence-electron chi connectivity index (χ3n) is 2.84. The maximum Gasteiger partial charge on any atom is 0.129 e. The van der Waals surface area contributed by atoms with E-state index >= 15 is 0 Å². The highest BCUT2D eigenvalue weighted by atomic mass is 79.9. The molecule has 0 bridgehead atoms. The van der Waals surface area contributed by atoms with E-state index in [1.807, 2.05) is 50.4 Å². The Labute approximate surface area is 122 Å². The van der Waals surface area contributed by atoms with Gasteiger partial charge in [-0.2, -0.15) is 0 Å². The number of halogens is 1. The van der Waals surface area contributed by atoms with E-state index in [0.29, 0.717) is 0 Å². The van der Waals surface area contributed by atoms with Crippen LogP contribution in [0.4, 0.5) is 0 Å². The van der Waals surface area contributed by atoms with Gasteiger partial charge in [0.2, 0.25) is 0 Å². The van der Waals surface area contributed by atoms with Crippen molar-refractivity contribution in [2.24, 2.45) is 5.73 Å². The number of nitrogens with two attached hydrogens (primary N) is 1. The Kier molecular flexibility index (Phi) is 4.32. The second-order valence-corrected chi connectivity index (χ2v) is 6.27. The lowest BCUT2D eigenvalue weighted by atomic mass is 10.00. The minimum Gasteiger partial charge on any atom is -0.326 e. The zero-order valence-corrected chi connectivity index (χ0v) is 12.8. The van der Waals surface area contributed by atoms with E-state index in [1.165, 1.54) is 0 Å². The maximum absolute atomic E-state index is 5.99. The maximum atomic E-state index is 5.99. The van der Waals surface area contributed by atoms with Gasteiger partial charge in [0, 0.05) is 28.2 Å². The van der Waals surface area contributed by atoms with Crippen molar-refractivity contribution in [3.8, 4) is 11.3 Å². The SMILES string of the molecule is CC(C)(N)CCc1nccc(-c2ccc(Br)cc2)n1. The van der Waals surface area contributed by atoms with Crippen LogP contribution in [0.5, 0.6) is 0 Å². The first-order valence-electron chi connectivity index (χ1n) is 6.31. The van der Waals surface area contributed by atoms with E-state index in [0.717, 1.165) is 34.4 Å². The van der Waals surface area contributed by atoms with Gasteiger partial charge >= 0.3 is 0 Å². The molecule has 2 rings (SSSR count). The Morgan fingerprint density at radius 2 is 1.84 bits per heavy atom. The largest absolute Gasteiger partial charge is 0.326 e. The van der Waals surface area contributed by atoms with Crippen molar-refractivity contribution < 1.29 is 0 Å². The van der Waals surface area contributed by atoms with Gasteiger partial charge in [-0.25, -0.2) is 9.97 Å². The van der Waals surface area contributed by atoms with Gasteiger partial charge in [-0.15, -0.1) is 0 Å². The molecular weight excluding hydrogens is 302 g/mol. The van der Waals surface area contributed by atoms with Crippen LogP contribution in [-0.4, -0.2) is 15.5 Å².